The lowest BCUT2D eigenvalue weighted by Gasteiger charge is -2.34. The Bertz CT molecular complexity index is 816. The van der Waals surface area contributed by atoms with Gasteiger partial charge >= 0.3 is 5.92 Å². The Balaban J connectivity index is 2.10. The van der Waals surface area contributed by atoms with Crippen LogP contribution in [-0.4, -0.2) is 32.4 Å². The first-order chi connectivity index (χ1) is 10.9. The van der Waals surface area contributed by atoms with Crippen LogP contribution >= 0.6 is 0 Å². The third-order valence-electron chi connectivity index (χ3n) is 4.93. The predicted molar refractivity (Wildman–Crippen MR) is 84.4 cm³/mol. The van der Waals surface area contributed by atoms with Crippen LogP contribution < -0.4 is 4.90 Å². The maximum Gasteiger partial charge on any atom is 0.315 e. The van der Waals surface area contributed by atoms with Crippen LogP contribution in [0.25, 0.3) is 10.8 Å². The van der Waals surface area contributed by atoms with Gasteiger partial charge in [0.05, 0.1) is 12.0 Å². The molecule has 0 amide bonds. The lowest BCUT2D eigenvalue weighted by Crippen LogP contribution is -2.43. The number of carbonyl (C=O) groups is 1. The van der Waals surface area contributed by atoms with Crippen molar-refractivity contribution < 1.29 is 18.3 Å². The molecule has 2 atom stereocenters. The molecule has 1 saturated heterocycles. The van der Waals surface area contributed by atoms with Crippen molar-refractivity contribution in [3.63, 3.8) is 0 Å². The Morgan fingerprint density at radius 2 is 1.91 bits per heavy atom. The standard InChI is InChI=1S/C18H17F2NO2/c1-21(2)14-9-12-15(11-6-4-3-5-10(11)14)17(22)18(19,20)13-7-8-23-16(12)13/h3-6,9,13,16H,7-8H2,1-2H3. The molecule has 3 nitrogen and oxygen atoms in total. The van der Waals surface area contributed by atoms with E-state index >= 15 is 0 Å². The van der Waals surface area contributed by atoms with Crippen molar-refractivity contribution in [3.8, 4) is 0 Å². The summed E-state index contributed by atoms with van der Waals surface area (Å²) in [7, 11) is 3.81. The van der Waals surface area contributed by atoms with Gasteiger partial charge in [0.25, 0.3) is 0 Å². The Morgan fingerprint density at radius 1 is 1.22 bits per heavy atom. The highest BCUT2D eigenvalue weighted by atomic mass is 19.3. The van der Waals surface area contributed by atoms with Crippen molar-refractivity contribution in [1.29, 1.82) is 0 Å². The maximum absolute atomic E-state index is 14.6. The van der Waals surface area contributed by atoms with Crippen LogP contribution in [0.2, 0.25) is 0 Å². The summed E-state index contributed by atoms with van der Waals surface area (Å²) in [6.07, 6.45) is -0.492. The molecule has 2 aromatic carbocycles. The third-order valence-corrected chi connectivity index (χ3v) is 4.93. The van der Waals surface area contributed by atoms with Gasteiger partial charge in [0.2, 0.25) is 5.78 Å². The van der Waals surface area contributed by atoms with E-state index in [1.165, 1.54) is 0 Å². The predicted octanol–water partition coefficient (Wildman–Crippen LogP) is 3.82. The summed E-state index contributed by atoms with van der Waals surface area (Å²) in [4.78, 5) is 14.5. The van der Waals surface area contributed by atoms with E-state index in [1.54, 1.807) is 12.1 Å². The highest BCUT2D eigenvalue weighted by Gasteiger charge is 2.58. The molecule has 0 aromatic heterocycles. The highest BCUT2D eigenvalue weighted by molar-refractivity contribution is 6.16. The molecule has 1 aliphatic carbocycles. The number of halogens is 2. The molecule has 0 N–H and O–H groups in total. The van der Waals surface area contributed by atoms with Gasteiger partial charge in [-0.05, 0) is 23.4 Å². The minimum atomic E-state index is -3.36. The summed E-state index contributed by atoms with van der Waals surface area (Å²) in [5.74, 6) is -5.49. The molecule has 1 aliphatic heterocycles. The average molecular weight is 317 g/mol. The highest BCUT2D eigenvalue weighted by Crippen LogP contribution is 2.52. The van der Waals surface area contributed by atoms with Gasteiger partial charge in [-0.2, -0.15) is 8.78 Å². The van der Waals surface area contributed by atoms with Crippen LogP contribution in [0.15, 0.2) is 30.3 Å². The van der Waals surface area contributed by atoms with Crippen molar-refractivity contribution in [2.45, 2.75) is 18.4 Å². The fourth-order valence-corrected chi connectivity index (χ4v) is 3.83. The zero-order valence-corrected chi connectivity index (χ0v) is 13.0. The molecule has 2 aromatic rings. The first kappa shape index (κ1) is 14.6. The van der Waals surface area contributed by atoms with Crippen molar-refractivity contribution >= 4 is 22.2 Å². The Kier molecular flexibility index (Phi) is 3.00. The van der Waals surface area contributed by atoms with Gasteiger partial charge in [0.15, 0.2) is 0 Å². The molecule has 1 fully saturated rings. The number of nitrogens with zero attached hydrogens (tertiary/aromatic N) is 1. The second-order valence-corrected chi connectivity index (χ2v) is 6.44. The van der Waals surface area contributed by atoms with Gasteiger partial charge in [-0.1, -0.05) is 24.3 Å². The molecule has 2 unspecified atom stereocenters. The lowest BCUT2D eigenvalue weighted by atomic mass is 9.75. The molecule has 120 valence electrons. The normalized spacial score (nSPS) is 25.3. The zero-order chi connectivity index (χ0) is 16.4. The summed E-state index contributed by atoms with van der Waals surface area (Å²) in [5.41, 5.74) is 1.64. The average Bonchev–Trinajstić information content (AvgIpc) is 3.02. The fourth-order valence-electron chi connectivity index (χ4n) is 3.83. The van der Waals surface area contributed by atoms with Gasteiger partial charge < -0.3 is 9.64 Å². The largest absolute Gasteiger partial charge is 0.377 e. The molecule has 4 rings (SSSR count). The molecular formula is C18H17F2NO2. The van der Waals surface area contributed by atoms with Crippen molar-refractivity contribution in [2.75, 3.05) is 25.6 Å². The summed E-state index contributed by atoms with van der Waals surface area (Å²) < 4.78 is 34.8. The third kappa shape index (κ3) is 1.86. The Morgan fingerprint density at radius 3 is 2.61 bits per heavy atom. The molecule has 1 heterocycles. The first-order valence-electron chi connectivity index (χ1n) is 7.70. The number of alkyl halides is 2. The number of Topliss-reactive ketones (excluding diaryl/α,β-unsaturated/α-hetero) is 1. The van der Waals surface area contributed by atoms with Crippen LogP contribution in [0, 0.1) is 5.92 Å². The lowest BCUT2D eigenvalue weighted by molar-refractivity contribution is -0.0628. The van der Waals surface area contributed by atoms with E-state index in [4.69, 9.17) is 4.74 Å². The Labute approximate surface area is 132 Å². The molecular weight excluding hydrogens is 300 g/mol. The summed E-state index contributed by atoms with van der Waals surface area (Å²) in [6, 6.07) is 9.06. The summed E-state index contributed by atoms with van der Waals surface area (Å²) >= 11 is 0. The monoisotopic (exact) mass is 317 g/mol. The van der Waals surface area contributed by atoms with Crippen LogP contribution in [-0.2, 0) is 4.74 Å². The number of ketones is 1. The molecule has 0 spiro atoms. The zero-order valence-electron chi connectivity index (χ0n) is 13.0. The Hall–Kier alpha value is -2.01. The van der Waals surface area contributed by atoms with E-state index in [0.29, 0.717) is 10.9 Å². The number of hydrogen-bond acceptors (Lipinski definition) is 3. The van der Waals surface area contributed by atoms with E-state index in [-0.39, 0.29) is 18.6 Å². The van der Waals surface area contributed by atoms with Crippen molar-refractivity contribution in [3.05, 3.63) is 41.5 Å². The van der Waals surface area contributed by atoms with Crippen LogP contribution in [0.5, 0.6) is 0 Å². The molecule has 5 heteroatoms. The van der Waals surface area contributed by atoms with E-state index in [0.717, 1.165) is 11.1 Å². The van der Waals surface area contributed by atoms with Crippen LogP contribution in [0.4, 0.5) is 14.5 Å². The number of hydrogen-bond donors (Lipinski definition) is 0. The SMILES string of the molecule is CN(C)c1cc2c(c3ccccc13)C(=O)C(F)(F)C1CCOC21. The van der Waals surface area contributed by atoms with Crippen LogP contribution in [0.3, 0.4) is 0 Å². The molecule has 23 heavy (non-hydrogen) atoms. The number of fused-ring (bicyclic) bond motifs is 5. The van der Waals surface area contributed by atoms with Crippen molar-refractivity contribution in [1.82, 2.24) is 0 Å². The van der Waals surface area contributed by atoms with E-state index in [9.17, 15) is 13.6 Å². The van der Waals surface area contributed by atoms with E-state index in [2.05, 4.69) is 0 Å². The van der Waals surface area contributed by atoms with Gasteiger partial charge in [0.1, 0.15) is 0 Å². The number of rotatable bonds is 1. The number of ether oxygens (including phenoxy) is 1. The van der Waals surface area contributed by atoms with Gasteiger partial charge in [-0.15, -0.1) is 0 Å². The second-order valence-electron chi connectivity index (χ2n) is 6.44. The minimum absolute atomic E-state index is 0.124. The fraction of sp³-hybridized carbons (Fsp3) is 0.389. The maximum atomic E-state index is 14.6. The van der Waals surface area contributed by atoms with Gasteiger partial charge in [0, 0.05) is 37.3 Å². The number of carbonyl (C=O) groups excluding carboxylic acids is 1. The number of anilines is 1. The topological polar surface area (TPSA) is 29.5 Å². The second kappa shape index (κ2) is 4.74. The van der Waals surface area contributed by atoms with E-state index < -0.39 is 23.7 Å². The molecule has 0 bridgehead atoms. The van der Waals surface area contributed by atoms with Gasteiger partial charge in [-0.3, -0.25) is 4.79 Å². The molecule has 0 saturated carbocycles. The van der Waals surface area contributed by atoms with E-state index in [1.807, 2.05) is 37.2 Å². The summed E-state index contributed by atoms with van der Waals surface area (Å²) in [5, 5.41) is 1.38. The van der Waals surface area contributed by atoms with Gasteiger partial charge in [-0.25, -0.2) is 0 Å². The van der Waals surface area contributed by atoms with Crippen molar-refractivity contribution in [2.24, 2.45) is 5.92 Å². The quantitative estimate of drug-likeness (QED) is 0.801. The molecule has 2 aliphatic rings. The number of benzene rings is 2. The minimum Gasteiger partial charge on any atom is -0.377 e. The smallest absolute Gasteiger partial charge is 0.315 e. The van der Waals surface area contributed by atoms with Crippen LogP contribution in [0.1, 0.15) is 28.4 Å². The molecule has 0 radical (unpaired) electrons. The first-order valence-corrected chi connectivity index (χ1v) is 7.70. The summed E-state index contributed by atoms with van der Waals surface area (Å²) in [6.45, 7) is 0.266.